The number of benzene rings is 3. The van der Waals surface area contributed by atoms with E-state index in [1.807, 2.05) is 19.9 Å². The van der Waals surface area contributed by atoms with Crippen LogP contribution in [0.4, 0.5) is 5.69 Å². The van der Waals surface area contributed by atoms with Crippen molar-refractivity contribution in [1.29, 1.82) is 0 Å². The molecule has 0 saturated heterocycles. The van der Waals surface area contributed by atoms with Gasteiger partial charge in [0.25, 0.3) is 5.56 Å². The highest BCUT2D eigenvalue weighted by Gasteiger charge is 2.22. The molecule has 1 atom stereocenters. The van der Waals surface area contributed by atoms with Crippen LogP contribution in [0.3, 0.4) is 0 Å². The van der Waals surface area contributed by atoms with Gasteiger partial charge in [-0.25, -0.2) is 4.98 Å². The van der Waals surface area contributed by atoms with Crippen molar-refractivity contribution in [3.63, 3.8) is 0 Å². The normalized spacial score (nSPS) is 13.2. The number of halogens is 2. The third kappa shape index (κ3) is 5.45. The van der Waals surface area contributed by atoms with E-state index in [1.165, 1.54) is 23.0 Å². The van der Waals surface area contributed by atoms with Gasteiger partial charge in [-0.2, -0.15) is 9.78 Å². The quantitative estimate of drug-likeness (QED) is 0.128. The number of hydrogen-bond acceptors (Lipinski definition) is 8. The predicted molar refractivity (Wildman–Crippen MR) is 150 cm³/mol. The Morgan fingerprint density at radius 1 is 1.23 bits per heavy atom. The number of fused-ring (bicyclic) bond motifs is 2. The standard InChI is InChI=1S/C27H22BrClN4O6/c1-3-15(2)26-31-21-6-5-18(28)10-20(21)27(34)32(26)30-12-17-9-19(29)11-22(33(35)36)25(17)37-13-16-4-7-23-24(8-16)39-14-38-23/h4-12,15H,3,13-14H2,1-2H3/t15-/m1/s1. The monoisotopic (exact) mass is 612 g/mol. The Balaban J connectivity index is 1.58. The lowest BCUT2D eigenvalue weighted by atomic mass is 10.1. The summed E-state index contributed by atoms with van der Waals surface area (Å²) in [5.74, 6) is 1.52. The number of rotatable bonds is 8. The summed E-state index contributed by atoms with van der Waals surface area (Å²) in [6, 6.07) is 13.2. The highest BCUT2D eigenvalue weighted by Crippen LogP contribution is 2.36. The fraction of sp³-hybridized carbons (Fsp3) is 0.222. The van der Waals surface area contributed by atoms with Gasteiger partial charge in [0, 0.05) is 27.0 Å². The van der Waals surface area contributed by atoms with Gasteiger partial charge in [0.1, 0.15) is 12.4 Å². The molecule has 0 fully saturated rings. The van der Waals surface area contributed by atoms with Crippen molar-refractivity contribution in [2.75, 3.05) is 6.79 Å². The SMILES string of the molecule is CC[C@@H](C)c1nc2ccc(Br)cc2c(=O)n1N=Cc1cc(Cl)cc([N+](=O)[O-])c1OCc1ccc2c(c1)OCO2. The maximum atomic E-state index is 13.5. The van der Waals surface area contributed by atoms with Crippen LogP contribution in [-0.2, 0) is 6.61 Å². The smallest absolute Gasteiger partial charge is 0.313 e. The third-order valence-corrected chi connectivity index (χ3v) is 6.99. The molecule has 1 aliphatic rings. The molecular weight excluding hydrogens is 592 g/mol. The molecular formula is C27H22BrClN4O6. The van der Waals surface area contributed by atoms with E-state index >= 15 is 0 Å². The first-order valence-electron chi connectivity index (χ1n) is 12.0. The minimum absolute atomic E-state index is 0.00355. The van der Waals surface area contributed by atoms with Gasteiger partial charge in [-0.15, -0.1) is 0 Å². The van der Waals surface area contributed by atoms with E-state index in [4.69, 9.17) is 30.8 Å². The molecule has 0 aliphatic carbocycles. The van der Waals surface area contributed by atoms with Crippen molar-refractivity contribution in [1.82, 2.24) is 9.66 Å². The molecule has 0 spiro atoms. The Bertz CT molecular complexity index is 1690. The van der Waals surface area contributed by atoms with E-state index in [9.17, 15) is 14.9 Å². The zero-order chi connectivity index (χ0) is 27.7. The van der Waals surface area contributed by atoms with E-state index in [2.05, 4.69) is 21.0 Å². The summed E-state index contributed by atoms with van der Waals surface area (Å²) in [5.41, 5.74) is 0.792. The maximum Gasteiger partial charge on any atom is 0.313 e. The first kappa shape index (κ1) is 26.6. The fourth-order valence-corrected chi connectivity index (χ4v) is 4.66. The molecule has 12 heteroatoms. The van der Waals surface area contributed by atoms with Gasteiger partial charge in [-0.05, 0) is 48.4 Å². The largest absolute Gasteiger partial charge is 0.481 e. The maximum absolute atomic E-state index is 13.5. The van der Waals surface area contributed by atoms with Gasteiger partial charge in [-0.3, -0.25) is 14.9 Å². The minimum atomic E-state index is -0.579. The Morgan fingerprint density at radius 3 is 2.79 bits per heavy atom. The highest BCUT2D eigenvalue weighted by atomic mass is 79.9. The molecule has 0 bridgehead atoms. The highest BCUT2D eigenvalue weighted by molar-refractivity contribution is 9.10. The van der Waals surface area contributed by atoms with Crippen LogP contribution in [0.25, 0.3) is 10.9 Å². The fourth-order valence-electron chi connectivity index (χ4n) is 4.07. The molecule has 39 heavy (non-hydrogen) atoms. The van der Waals surface area contributed by atoms with Crippen molar-refractivity contribution in [2.45, 2.75) is 32.8 Å². The van der Waals surface area contributed by atoms with Gasteiger partial charge >= 0.3 is 5.69 Å². The van der Waals surface area contributed by atoms with Gasteiger partial charge in [-0.1, -0.05) is 47.4 Å². The average molecular weight is 614 g/mol. The van der Waals surface area contributed by atoms with Crippen LogP contribution >= 0.6 is 27.5 Å². The minimum Gasteiger partial charge on any atom is -0.481 e. The molecule has 0 saturated carbocycles. The summed E-state index contributed by atoms with van der Waals surface area (Å²) in [7, 11) is 0. The second-order valence-corrected chi connectivity index (χ2v) is 10.2. The van der Waals surface area contributed by atoms with Crippen LogP contribution < -0.4 is 19.8 Å². The van der Waals surface area contributed by atoms with Gasteiger partial charge in [0.05, 0.1) is 22.0 Å². The van der Waals surface area contributed by atoms with Crippen molar-refractivity contribution in [3.8, 4) is 17.2 Å². The van der Waals surface area contributed by atoms with E-state index in [-0.39, 0.29) is 46.9 Å². The first-order chi connectivity index (χ1) is 18.7. The molecule has 200 valence electrons. The summed E-state index contributed by atoms with van der Waals surface area (Å²) in [6.45, 7) is 4.06. The Labute approximate surface area is 236 Å². The molecule has 0 radical (unpaired) electrons. The molecule has 2 heterocycles. The van der Waals surface area contributed by atoms with Crippen LogP contribution in [0.15, 0.2) is 62.9 Å². The molecule has 0 amide bonds. The van der Waals surface area contributed by atoms with E-state index in [0.717, 1.165) is 10.9 Å². The molecule has 1 aromatic heterocycles. The Hall–Kier alpha value is -3.96. The molecule has 0 unspecified atom stereocenters. The lowest BCUT2D eigenvalue weighted by Gasteiger charge is -2.14. The van der Waals surface area contributed by atoms with E-state index < -0.39 is 4.92 Å². The Kier molecular flexibility index (Phi) is 7.53. The number of hydrogen-bond donors (Lipinski definition) is 0. The zero-order valence-electron chi connectivity index (χ0n) is 20.9. The Morgan fingerprint density at radius 2 is 2.03 bits per heavy atom. The summed E-state index contributed by atoms with van der Waals surface area (Å²) < 4.78 is 18.6. The lowest BCUT2D eigenvalue weighted by molar-refractivity contribution is -0.385. The molecule has 10 nitrogen and oxygen atoms in total. The van der Waals surface area contributed by atoms with Gasteiger partial charge in [0.15, 0.2) is 11.5 Å². The number of nitro groups is 1. The second-order valence-electron chi connectivity index (χ2n) is 8.88. The summed E-state index contributed by atoms with van der Waals surface area (Å²) in [5, 5.41) is 16.8. The zero-order valence-corrected chi connectivity index (χ0v) is 23.2. The van der Waals surface area contributed by atoms with E-state index in [1.54, 1.807) is 30.3 Å². The van der Waals surface area contributed by atoms with E-state index in [0.29, 0.717) is 33.8 Å². The topological polar surface area (TPSA) is 118 Å². The number of ether oxygens (including phenoxy) is 3. The van der Waals surface area contributed by atoms with Crippen LogP contribution in [0, 0.1) is 10.1 Å². The second kappa shape index (κ2) is 11.0. The first-order valence-corrected chi connectivity index (χ1v) is 13.2. The molecule has 1 aliphatic heterocycles. The number of nitro benzene ring substituents is 1. The lowest BCUT2D eigenvalue weighted by Crippen LogP contribution is -2.23. The number of nitrogens with zero attached hydrogens (tertiary/aromatic N) is 4. The predicted octanol–water partition coefficient (Wildman–Crippen LogP) is 6.42. The summed E-state index contributed by atoms with van der Waals surface area (Å²) >= 11 is 9.62. The van der Waals surface area contributed by atoms with Crippen molar-refractivity contribution >= 4 is 50.3 Å². The van der Waals surface area contributed by atoms with Crippen LogP contribution in [0.2, 0.25) is 5.02 Å². The average Bonchev–Trinajstić information content (AvgIpc) is 3.39. The van der Waals surface area contributed by atoms with Crippen molar-refractivity contribution in [2.24, 2.45) is 5.10 Å². The number of aromatic nitrogens is 2. The van der Waals surface area contributed by atoms with Crippen LogP contribution in [0.5, 0.6) is 17.2 Å². The van der Waals surface area contributed by atoms with Crippen molar-refractivity contribution in [3.05, 3.63) is 95.4 Å². The van der Waals surface area contributed by atoms with Gasteiger partial charge in [0.2, 0.25) is 12.5 Å². The van der Waals surface area contributed by atoms with Crippen molar-refractivity contribution < 1.29 is 19.1 Å². The summed E-state index contributed by atoms with van der Waals surface area (Å²) in [4.78, 5) is 29.5. The molecule has 4 aromatic rings. The molecule has 3 aromatic carbocycles. The van der Waals surface area contributed by atoms with Crippen LogP contribution in [-0.4, -0.2) is 27.6 Å². The van der Waals surface area contributed by atoms with Crippen LogP contribution in [0.1, 0.15) is 43.1 Å². The molecule has 5 rings (SSSR count). The van der Waals surface area contributed by atoms with Gasteiger partial charge < -0.3 is 14.2 Å². The molecule has 0 N–H and O–H groups in total. The third-order valence-electron chi connectivity index (χ3n) is 6.28. The summed E-state index contributed by atoms with van der Waals surface area (Å²) in [6.07, 6.45) is 2.04.